The molecule has 28 heavy (non-hydrogen) atoms. The highest BCUT2D eigenvalue weighted by Crippen LogP contribution is 2.24. The fraction of sp³-hybridized carbons (Fsp3) is 0.304. The molecule has 1 aliphatic heterocycles. The molecular weight excluding hydrogens is 350 g/mol. The van der Waals surface area contributed by atoms with Gasteiger partial charge in [0.25, 0.3) is 5.91 Å². The number of nitrogens with one attached hydrogen (secondary N) is 1. The van der Waals surface area contributed by atoms with Crippen molar-refractivity contribution < 1.29 is 9.53 Å². The molecule has 0 aliphatic carbocycles. The standard InChI is InChI=1S/C23H25N3O2/c1-28-22-10-6-5-9-21(22)25-17-20(16-24)23(27)26-13-11-19(12-14-26)15-18-7-3-2-4-8-18/h2-10,17,19,25H,11-15H2,1H3/b20-17-. The van der Waals surface area contributed by atoms with Gasteiger partial charge in [0.05, 0.1) is 12.8 Å². The highest BCUT2D eigenvalue weighted by atomic mass is 16.5. The van der Waals surface area contributed by atoms with Gasteiger partial charge in [0.2, 0.25) is 0 Å². The Kier molecular flexibility index (Phi) is 6.69. The Morgan fingerprint density at radius 1 is 1.18 bits per heavy atom. The molecule has 1 heterocycles. The zero-order valence-electron chi connectivity index (χ0n) is 16.1. The predicted octanol–water partition coefficient (Wildman–Crippen LogP) is 4.00. The van der Waals surface area contributed by atoms with E-state index in [1.54, 1.807) is 12.0 Å². The minimum absolute atomic E-state index is 0.104. The Balaban J connectivity index is 1.57. The minimum atomic E-state index is -0.219. The van der Waals surface area contributed by atoms with Gasteiger partial charge in [0.15, 0.2) is 0 Å². The van der Waals surface area contributed by atoms with Crippen molar-refractivity contribution >= 4 is 11.6 Å². The van der Waals surface area contributed by atoms with Crippen molar-refractivity contribution in [2.24, 2.45) is 5.92 Å². The highest BCUT2D eigenvalue weighted by Gasteiger charge is 2.25. The Hall–Kier alpha value is -3.26. The van der Waals surface area contributed by atoms with Crippen LogP contribution in [0.4, 0.5) is 5.69 Å². The van der Waals surface area contributed by atoms with Crippen LogP contribution in [0.3, 0.4) is 0 Å². The van der Waals surface area contributed by atoms with Gasteiger partial charge in [-0.05, 0) is 42.9 Å². The van der Waals surface area contributed by atoms with E-state index < -0.39 is 0 Å². The van der Waals surface area contributed by atoms with Crippen molar-refractivity contribution in [1.82, 2.24) is 4.90 Å². The molecule has 0 atom stereocenters. The van der Waals surface area contributed by atoms with Gasteiger partial charge >= 0.3 is 0 Å². The zero-order valence-corrected chi connectivity index (χ0v) is 16.1. The number of carbonyl (C=O) groups excluding carboxylic acids is 1. The van der Waals surface area contributed by atoms with Crippen LogP contribution in [0.1, 0.15) is 18.4 Å². The molecule has 2 aromatic carbocycles. The van der Waals surface area contributed by atoms with Gasteiger partial charge in [-0.15, -0.1) is 0 Å². The average molecular weight is 375 g/mol. The molecule has 3 rings (SSSR count). The third-order valence-corrected chi connectivity index (χ3v) is 5.10. The van der Waals surface area contributed by atoms with Gasteiger partial charge < -0.3 is 15.0 Å². The SMILES string of the molecule is COc1ccccc1N/C=C(/C#N)C(=O)N1CCC(Cc2ccccc2)CC1. The molecule has 2 aromatic rings. The molecule has 5 nitrogen and oxygen atoms in total. The first-order valence-electron chi connectivity index (χ1n) is 9.54. The molecule has 0 aromatic heterocycles. The lowest BCUT2D eigenvalue weighted by Crippen LogP contribution is -2.39. The summed E-state index contributed by atoms with van der Waals surface area (Å²) in [6, 6.07) is 19.9. The van der Waals surface area contributed by atoms with E-state index in [4.69, 9.17) is 4.74 Å². The van der Waals surface area contributed by atoms with E-state index in [9.17, 15) is 10.1 Å². The van der Waals surface area contributed by atoms with Gasteiger partial charge in [0, 0.05) is 19.3 Å². The van der Waals surface area contributed by atoms with Crippen LogP contribution in [0.5, 0.6) is 5.75 Å². The van der Waals surface area contributed by atoms with Gasteiger partial charge in [-0.3, -0.25) is 4.79 Å². The zero-order chi connectivity index (χ0) is 19.8. The van der Waals surface area contributed by atoms with Crippen LogP contribution in [0.2, 0.25) is 0 Å². The average Bonchev–Trinajstić information content (AvgIpc) is 2.75. The second-order valence-electron chi connectivity index (χ2n) is 6.94. The summed E-state index contributed by atoms with van der Waals surface area (Å²) in [4.78, 5) is 14.5. The lowest BCUT2D eigenvalue weighted by atomic mass is 9.90. The number of nitriles is 1. The molecule has 1 saturated heterocycles. The van der Waals surface area contributed by atoms with E-state index in [1.807, 2.05) is 36.4 Å². The molecule has 0 saturated carbocycles. The van der Waals surface area contributed by atoms with Crippen LogP contribution < -0.4 is 10.1 Å². The van der Waals surface area contributed by atoms with E-state index in [2.05, 4.69) is 29.6 Å². The summed E-state index contributed by atoms with van der Waals surface area (Å²) >= 11 is 0. The number of hydrogen-bond donors (Lipinski definition) is 1. The Labute approximate surface area is 166 Å². The molecule has 0 radical (unpaired) electrons. The fourth-order valence-corrected chi connectivity index (χ4v) is 3.51. The van der Waals surface area contributed by atoms with Crippen LogP contribution in [-0.2, 0) is 11.2 Å². The first-order chi connectivity index (χ1) is 13.7. The Morgan fingerprint density at radius 3 is 2.54 bits per heavy atom. The fourth-order valence-electron chi connectivity index (χ4n) is 3.51. The number of anilines is 1. The van der Waals surface area contributed by atoms with Gasteiger partial charge in [-0.25, -0.2) is 0 Å². The van der Waals surface area contributed by atoms with Crippen molar-refractivity contribution in [2.45, 2.75) is 19.3 Å². The summed E-state index contributed by atoms with van der Waals surface area (Å²) in [6.45, 7) is 1.37. The first kappa shape index (κ1) is 19.5. The highest BCUT2D eigenvalue weighted by molar-refractivity contribution is 5.97. The van der Waals surface area contributed by atoms with Gasteiger partial charge in [-0.2, -0.15) is 5.26 Å². The molecule has 5 heteroatoms. The van der Waals surface area contributed by atoms with Crippen LogP contribution in [-0.4, -0.2) is 31.0 Å². The van der Waals surface area contributed by atoms with Gasteiger partial charge in [0.1, 0.15) is 17.4 Å². The summed E-state index contributed by atoms with van der Waals surface area (Å²) in [5.74, 6) is 1.01. The molecule has 0 spiro atoms. The van der Waals surface area contributed by atoms with Crippen LogP contribution in [0, 0.1) is 17.2 Å². The number of piperidine rings is 1. The van der Waals surface area contributed by atoms with E-state index in [1.165, 1.54) is 11.8 Å². The molecular formula is C23H25N3O2. The third kappa shape index (κ3) is 4.92. The molecule has 0 bridgehead atoms. The quantitative estimate of drug-likeness (QED) is 0.612. The van der Waals surface area contributed by atoms with E-state index in [0.717, 1.165) is 19.3 Å². The largest absolute Gasteiger partial charge is 0.495 e. The van der Waals surface area contributed by atoms with Crippen LogP contribution in [0.15, 0.2) is 66.4 Å². The molecule has 0 unspecified atom stereocenters. The van der Waals surface area contributed by atoms with Crippen LogP contribution in [0.25, 0.3) is 0 Å². The number of likely N-dealkylation sites (tertiary alicyclic amines) is 1. The summed E-state index contributed by atoms with van der Waals surface area (Å²) in [6.07, 6.45) is 4.42. The number of nitrogens with zero attached hydrogens (tertiary/aromatic N) is 2. The molecule has 1 amide bonds. The topological polar surface area (TPSA) is 65.4 Å². The van der Waals surface area contributed by atoms with Crippen molar-refractivity contribution in [3.05, 3.63) is 71.9 Å². The number of carbonyl (C=O) groups is 1. The number of methoxy groups -OCH3 is 1. The smallest absolute Gasteiger partial charge is 0.266 e. The molecule has 1 fully saturated rings. The molecule has 1 aliphatic rings. The maximum absolute atomic E-state index is 12.7. The lowest BCUT2D eigenvalue weighted by Gasteiger charge is -2.32. The summed E-state index contributed by atoms with van der Waals surface area (Å²) in [5.41, 5.74) is 2.16. The second kappa shape index (κ2) is 9.61. The van der Waals surface area contributed by atoms with Gasteiger partial charge in [-0.1, -0.05) is 42.5 Å². The number of benzene rings is 2. The first-order valence-corrected chi connectivity index (χ1v) is 9.54. The monoisotopic (exact) mass is 375 g/mol. The molecule has 144 valence electrons. The molecule has 1 N–H and O–H groups in total. The predicted molar refractivity (Wildman–Crippen MR) is 110 cm³/mol. The van der Waals surface area contributed by atoms with Crippen molar-refractivity contribution in [3.8, 4) is 11.8 Å². The number of rotatable bonds is 6. The van der Waals surface area contributed by atoms with E-state index in [-0.39, 0.29) is 11.5 Å². The maximum atomic E-state index is 12.7. The Morgan fingerprint density at radius 2 is 1.86 bits per heavy atom. The number of ether oxygens (including phenoxy) is 1. The van der Waals surface area contributed by atoms with Crippen LogP contribution >= 0.6 is 0 Å². The lowest BCUT2D eigenvalue weighted by molar-refractivity contribution is -0.128. The second-order valence-corrected chi connectivity index (χ2v) is 6.94. The normalized spacial score (nSPS) is 15.0. The van der Waals surface area contributed by atoms with Crippen molar-refractivity contribution in [1.29, 1.82) is 5.26 Å². The third-order valence-electron chi connectivity index (χ3n) is 5.10. The number of amides is 1. The minimum Gasteiger partial charge on any atom is -0.495 e. The number of para-hydroxylation sites is 2. The summed E-state index contributed by atoms with van der Waals surface area (Å²) in [7, 11) is 1.58. The van der Waals surface area contributed by atoms with E-state index >= 15 is 0 Å². The Bertz CT molecular complexity index is 863. The van der Waals surface area contributed by atoms with E-state index in [0.29, 0.717) is 30.4 Å². The summed E-state index contributed by atoms with van der Waals surface area (Å²) in [5, 5.41) is 12.5. The maximum Gasteiger partial charge on any atom is 0.266 e. The summed E-state index contributed by atoms with van der Waals surface area (Å²) < 4.78 is 5.28. The van der Waals surface area contributed by atoms with Crippen molar-refractivity contribution in [3.63, 3.8) is 0 Å². The van der Waals surface area contributed by atoms with Crippen molar-refractivity contribution in [2.75, 3.05) is 25.5 Å². The number of hydrogen-bond acceptors (Lipinski definition) is 4.